The summed E-state index contributed by atoms with van der Waals surface area (Å²) in [5.74, 6) is -0.759. The molecule has 1 aliphatic rings. The fourth-order valence-corrected chi connectivity index (χ4v) is 8.23. The van der Waals surface area contributed by atoms with Crippen LogP contribution < -0.4 is 0 Å². The number of aryl methyl sites for hydroxylation is 3. The largest absolute Gasteiger partial charge is 0.381 e. The van der Waals surface area contributed by atoms with Crippen molar-refractivity contribution in [1.29, 1.82) is 0 Å². The molecular weight excluding hydrogens is 319 g/mol. The van der Waals surface area contributed by atoms with E-state index in [4.69, 9.17) is 0 Å². The molecule has 0 heterocycles. The minimum Gasteiger partial charge on any atom is -0.381 e. The molecule has 1 N–H and O–H groups in total. The standard InChI is InChI=1S/C20H31O3P/c1-13(2)12-24(23,18-9-7-6-8-17(18)21)20(22)19-15(4)10-14(3)11-16(19)5/h10-11,13,18,20,22H,6-9,12H2,1-5H3. The van der Waals surface area contributed by atoms with Gasteiger partial charge in [-0.25, -0.2) is 0 Å². The van der Waals surface area contributed by atoms with Gasteiger partial charge < -0.3 is 9.67 Å². The molecule has 0 spiro atoms. The van der Waals surface area contributed by atoms with Crippen LogP contribution in [0, 0.1) is 26.7 Å². The summed E-state index contributed by atoms with van der Waals surface area (Å²) < 4.78 is 14.0. The van der Waals surface area contributed by atoms with Gasteiger partial charge in [-0.3, -0.25) is 4.79 Å². The van der Waals surface area contributed by atoms with Crippen LogP contribution in [-0.4, -0.2) is 22.7 Å². The number of carbonyl (C=O) groups excluding carboxylic acids is 1. The van der Waals surface area contributed by atoms with Gasteiger partial charge in [0.15, 0.2) is 0 Å². The number of aliphatic hydroxyl groups is 1. The number of carbonyl (C=O) groups is 1. The van der Waals surface area contributed by atoms with Crippen molar-refractivity contribution in [3.63, 3.8) is 0 Å². The first-order valence-electron chi connectivity index (χ1n) is 9.03. The summed E-state index contributed by atoms with van der Waals surface area (Å²) in [5.41, 5.74) is 3.36. The van der Waals surface area contributed by atoms with Crippen LogP contribution in [0.15, 0.2) is 12.1 Å². The Kier molecular flexibility index (Phi) is 6.09. The first-order chi connectivity index (χ1) is 11.2. The zero-order chi connectivity index (χ0) is 18.1. The molecule has 0 aliphatic heterocycles. The lowest BCUT2D eigenvalue weighted by Gasteiger charge is -2.35. The van der Waals surface area contributed by atoms with Gasteiger partial charge in [-0.2, -0.15) is 0 Å². The van der Waals surface area contributed by atoms with Crippen LogP contribution in [0.2, 0.25) is 0 Å². The van der Waals surface area contributed by atoms with Crippen molar-refractivity contribution >= 4 is 12.9 Å². The monoisotopic (exact) mass is 350 g/mol. The fourth-order valence-electron chi connectivity index (χ4n) is 4.21. The predicted molar refractivity (Wildman–Crippen MR) is 100 cm³/mol. The van der Waals surface area contributed by atoms with Gasteiger partial charge in [-0.15, -0.1) is 0 Å². The molecule has 3 nitrogen and oxygen atoms in total. The minimum absolute atomic E-state index is 0.0895. The molecule has 1 aliphatic carbocycles. The number of rotatable bonds is 5. The zero-order valence-electron chi connectivity index (χ0n) is 15.6. The Labute approximate surface area is 146 Å². The first-order valence-corrected chi connectivity index (χ1v) is 11.1. The van der Waals surface area contributed by atoms with Gasteiger partial charge in [0, 0.05) is 12.6 Å². The molecule has 134 valence electrons. The van der Waals surface area contributed by atoms with E-state index < -0.39 is 18.6 Å². The summed E-state index contributed by atoms with van der Waals surface area (Å²) in [4.78, 5) is 12.5. The van der Waals surface area contributed by atoms with Gasteiger partial charge in [0.25, 0.3) is 0 Å². The summed E-state index contributed by atoms with van der Waals surface area (Å²) in [6, 6.07) is 4.04. The average molecular weight is 350 g/mol. The van der Waals surface area contributed by atoms with Gasteiger partial charge in [0.2, 0.25) is 0 Å². The van der Waals surface area contributed by atoms with E-state index >= 15 is 0 Å². The lowest BCUT2D eigenvalue weighted by Crippen LogP contribution is -2.29. The highest BCUT2D eigenvalue weighted by atomic mass is 31.2. The lowest BCUT2D eigenvalue weighted by atomic mass is 9.99. The Balaban J connectivity index is 2.51. The summed E-state index contributed by atoms with van der Waals surface area (Å²) >= 11 is 0. The number of benzene rings is 1. The zero-order valence-corrected chi connectivity index (χ0v) is 16.5. The quantitative estimate of drug-likeness (QED) is 0.749. The highest BCUT2D eigenvalue weighted by Gasteiger charge is 2.45. The van der Waals surface area contributed by atoms with Crippen LogP contribution in [0.25, 0.3) is 0 Å². The number of aliphatic hydroxyl groups excluding tert-OH is 1. The molecule has 0 radical (unpaired) electrons. The van der Waals surface area contributed by atoms with E-state index in [-0.39, 0.29) is 11.7 Å². The third-order valence-electron chi connectivity index (χ3n) is 5.11. The Morgan fingerprint density at radius 2 is 1.75 bits per heavy atom. The van der Waals surface area contributed by atoms with Gasteiger partial charge in [-0.05, 0) is 56.2 Å². The maximum atomic E-state index is 14.0. The summed E-state index contributed by atoms with van der Waals surface area (Å²) in [5, 5.41) is 11.2. The smallest absolute Gasteiger partial charge is 0.143 e. The topological polar surface area (TPSA) is 54.4 Å². The van der Waals surface area contributed by atoms with Crippen LogP contribution in [-0.2, 0) is 9.36 Å². The summed E-state index contributed by atoms with van der Waals surface area (Å²) in [6.45, 7) is 9.97. The first kappa shape index (κ1) is 19.4. The molecule has 4 heteroatoms. The van der Waals surface area contributed by atoms with Gasteiger partial charge in [0.05, 0.1) is 5.66 Å². The molecule has 1 aromatic rings. The lowest BCUT2D eigenvalue weighted by molar-refractivity contribution is -0.120. The van der Waals surface area contributed by atoms with Crippen molar-refractivity contribution in [2.75, 3.05) is 6.16 Å². The van der Waals surface area contributed by atoms with E-state index in [1.165, 1.54) is 0 Å². The number of ketones is 1. The second-order valence-electron chi connectivity index (χ2n) is 7.84. The molecule has 3 atom stereocenters. The molecule has 1 aromatic carbocycles. The van der Waals surface area contributed by atoms with E-state index in [0.29, 0.717) is 19.0 Å². The van der Waals surface area contributed by atoms with Crippen LogP contribution in [0.1, 0.15) is 67.6 Å². The van der Waals surface area contributed by atoms with E-state index in [9.17, 15) is 14.5 Å². The van der Waals surface area contributed by atoms with E-state index in [1.807, 2.05) is 46.8 Å². The third-order valence-corrected chi connectivity index (χ3v) is 9.10. The molecule has 0 bridgehead atoms. The van der Waals surface area contributed by atoms with Gasteiger partial charge in [0.1, 0.15) is 18.8 Å². The van der Waals surface area contributed by atoms with Crippen LogP contribution in [0.3, 0.4) is 0 Å². The molecule has 1 saturated carbocycles. The van der Waals surface area contributed by atoms with E-state index in [1.54, 1.807) is 0 Å². The fraction of sp³-hybridized carbons (Fsp3) is 0.650. The summed E-state index contributed by atoms with van der Waals surface area (Å²) in [6.07, 6.45) is 3.40. The van der Waals surface area contributed by atoms with Crippen molar-refractivity contribution in [3.05, 3.63) is 34.4 Å². The molecule has 2 rings (SSSR count). The van der Waals surface area contributed by atoms with E-state index in [0.717, 1.165) is 35.1 Å². The molecule has 3 unspecified atom stereocenters. The van der Waals surface area contributed by atoms with Crippen molar-refractivity contribution in [1.82, 2.24) is 0 Å². The number of hydrogen-bond acceptors (Lipinski definition) is 3. The van der Waals surface area contributed by atoms with Crippen LogP contribution >= 0.6 is 7.14 Å². The molecule has 0 aromatic heterocycles. The maximum absolute atomic E-state index is 14.0. The Morgan fingerprint density at radius 3 is 2.25 bits per heavy atom. The van der Waals surface area contributed by atoms with Gasteiger partial charge in [-0.1, -0.05) is 38.0 Å². The van der Waals surface area contributed by atoms with Crippen molar-refractivity contribution in [2.45, 2.75) is 71.8 Å². The number of Topliss-reactive ketones (excluding diaryl/α,β-unsaturated/α-hetero) is 1. The van der Waals surface area contributed by atoms with Gasteiger partial charge >= 0.3 is 0 Å². The van der Waals surface area contributed by atoms with Crippen molar-refractivity contribution in [2.24, 2.45) is 5.92 Å². The normalized spacial score (nSPS) is 22.5. The predicted octanol–water partition coefficient (Wildman–Crippen LogP) is 5.13. The second kappa shape index (κ2) is 7.54. The Bertz CT molecular complexity index is 640. The minimum atomic E-state index is -3.08. The highest BCUT2D eigenvalue weighted by molar-refractivity contribution is 7.65. The van der Waals surface area contributed by atoms with Crippen molar-refractivity contribution in [3.8, 4) is 0 Å². The average Bonchev–Trinajstić information content (AvgIpc) is 2.45. The number of hydrogen-bond donors (Lipinski definition) is 1. The Morgan fingerprint density at radius 1 is 1.17 bits per heavy atom. The molecule has 0 saturated heterocycles. The van der Waals surface area contributed by atoms with Crippen molar-refractivity contribution < 1.29 is 14.5 Å². The summed E-state index contributed by atoms with van der Waals surface area (Å²) in [7, 11) is -3.08. The SMILES string of the molecule is Cc1cc(C)c(C(O)P(=O)(CC(C)C)C2CCCCC2=O)c(C)c1. The Hall–Kier alpha value is -0.920. The van der Waals surface area contributed by atoms with E-state index in [2.05, 4.69) is 0 Å². The molecule has 1 fully saturated rings. The van der Waals surface area contributed by atoms with Crippen LogP contribution in [0.5, 0.6) is 0 Å². The molecule has 24 heavy (non-hydrogen) atoms. The third kappa shape index (κ3) is 3.83. The molecular formula is C20H31O3P. The highest BCUT2D eigenvalue weighted by Crippen LogP contribution is 2.65. The second-order valence-corrected chi connectivity index (χ2v) is 11.0. The molecule has 0 amide bonds. The maximum Gasteiger partial charge on any atom is 0.143 e. The van der Waals surface area contributed by atoms with Crippen LogP contribution in [0.4, 0.5) is 0 Å².